The highest BCUT2D eigenvalue weighted by Crippen LogP contribution is 2.42. The molecule has 1 aliphatic rings. The fraction of sp³-hybridized carbons (Fsp3) is 0.467. The molecule has 2 aromatic rings. The molecule has 8 heteroatoms. The molecule has 1 saturated heterocycles. The first-order chi connectivity index (χ1) is 18.3. The molecule has 206 valence electrons. The van der Waals surface area contributed by atoms with Crippen LogP contribution in [0.3, 0.4) is 0 Å². The number of ether oxygens (including phenoxy) is 2. The van der Waals surface area contributed by atoms with Crippen molar-refractivity contribution in [1.29, 1.82) is 0 Å². The van der Waals surface area contributed by atoms with E-state index in [-0.39, 0.29) is 22.8 Å². The van der Waals surface area contributed by atoms with Gasteiger partial charge in [0.25, 0.3) is 11.7 Å². The third-order valence-corrected chi connectivity index (χ3v) is 6.89. The molecule has 0 saturated carbocycles. The van der Waals surface area contributed by atoms with E-state index in [1.807, 2.05) is 20.8 Å². The van der Waals surface area contributed by atoms with E-state index in [1.165, 1.54) is 11.0 Å². The standard InChI is InChI=1S/C30H40N2O6/c1-6-10-17-38-24-14-12-22(18-20(24)5)28(34)26-27(21-11-13-23(33)25(19-21)37-9-4)32(30(36)29(26)35)16-15-31(7-2)8-3/h11-14,18-19,27,33-34H,6-10,15-17H2,1-5H3/b28-26-. The van der Waals surface area contributed by atoms with Crippen LogP contribution < -0.4 is 9.47 Å². The van der Waals surface area contributed by atoms with Crippen molar-refractivity contribution in [2.24, 2.45) is 0 Å². The van der Waals surface area contributed by atoms with Crippen LogP contribution in [0.2, 0.25) is 0 Å². The van der Waals surface area contributed by atoms with Gasteiger partial charge in [0.05, 0.1) is 24.8 Å². The van der Waals surface area contributed by atoms with E-state index in [4.69, 9.17) is 9.47 Å². The van der Waals surface area contributed by atoms with E-state index in [2.05, 4.69) is 11.8 Å². The number of likely N-dealkylation sites (tertiary alicyclic amines) is 1. The summed E-state index contributed by atoms with van der Waals surface area (Å²) < 4.78 is 11.4. The Morgan fingerprint density at radius 2 is 1.74 bits per heavy atom. The number of rotatable bonds is 13. The second kappa shape index (κ2) is 13.3. The quantitative estimate of drug-likeness (QED) is 0.164. The van der Waals surface area contributed by atoms with Crippen LogP contribution in [0.25, 0.3) is 5.76 Å². The van der Waals surface area contributed by atoms with Gasteiger partial charge in [0.15, 0.2) is 11.5 Å². The summed E-state index contributed by atoms with van der Waals surface area (Å²) in [5.74, 6) is -0.710. The number of phenolic OH excluding ortho intramolecular Hbond substituents is 1. The first-order valence-electron chi connectivity index (χ1n) is 13.5. The lowest BCUT2D eigenvalue weighted by molar-refractivity contribution is -0.140. The highest BCUT2D eigenvalue weighted by molar-refractivity contribution is 6.46. The molecule has 0 radical (unpaired) electrons. The molecule has 2 N–H and O–H groups in total. The molecule has 0 aromatic heterocycles. The molecule has 1 amide bonds. The smallest absolute Gasteiger partial charge is 0.295 e. The van der Waals surface area contributed by atoms with Gasteiger partial charge in [-0.05, 0) is 74.8 Å². The van der Waals surface area contributed by atoms with E-state index in [1.54, 1.807) is 37.3 Å². The number of hydrogen-bond donors (Lipinski definition) is 2. The topological polar surface area (TPSA) is 99.5 Å². The number of nitrogens with zero attached hydrogens (tertiary/aromatic N) is 2. The Balaban J connectivity index is 2.09. The fourth-order valence-corrected chi connectivity index (χ4v) is 4.66. The van der Waals surface area contributed by atoms with E-state index >= 15 is 0 Å². The zero-order valence-electron chi connectivity index (χ0n) is 23.1. The van der Waals surface area contributed by atoms with Crippen LogP contribution in [-0.2, 0) is 9.59 Å². The van der Waals surface area contributed by atoms with Crippen molar-refractivity contribution in [2.75, 3.05) is 39.4 Å². The molecule has 0 bridgehead atoms. The number of amides is 1. The Hall–Kier alpha value is -3.52. The number of carbonyl (C=O) groups excluding carboxylic acids is 2. The molecule has 1 fully saturated rings. The Kier molecular flexibility index (Phi) is 10.2. The third-order valence-electron chi connectivity index (χ3n) is 6.89. The number of unbranched alkanes of at least 4 members (excludes halogenated alkanes) is 1. The predicted molar refractivity (Wildman–Crippen MR) is 148 cm³/mol. The van der Waals surface area contributed by atoms with Crippen LogP contribution in [0, 0.1) is 6.92 Å². The number of carbonyl (C=O) groups is 2. The van der Waals surface area contributed by atoms with Gasteiger partial charge in [-0.3, -0.25) is 9.59 Å². The normalized spacial score (nSPS) is 16.9. The van der Waals surface area contributed by atoms with Gasteiger partial charge in [-0.15, -0.1) is 0 Å². The lowest BCUT2D eigenvalue weighted by Crippen LogP contribution is -2.38. The van der Waals surface area contributed by atoms with Gasteiger partial charge in [0, 0.05) is 18.7 Å². The van der Waals surface area contributed by atoms with Crippen molar-refractivity contribution in [3.8, 4) is 17.2 Å². The van der Waals surface area contributed by atoms with Crippen LogP contribution in [-0.4, -0.2) is 71.1 Å². The summed E-state index contributed by atoms with van der Waals surface area (Å²) in [6.45, 7) is 13.3. The average molecular weight is 525 g/mol. The maximum Gasteiger partial charge on any atom is 0.295 e. The SMILES string of the molecule is CCCCOc1ccc(/C(O)=C2/C(=O)C(=O)N(CCN(CC)CC)C2c2ccc(O)c(OCC)c2)cc1C. The van der Waals surface area contributed by atoms with Crippen molar-refractivity contribution < 1.29 is 29.3 Å². The summed E-state index contributed by atoms with van der Waals surface area (Å²) in [7, 11) is 0. The molecule has 38 heavy (non-hydrogen) atoms. The van der Waals surface area contributed by atoms with Gasteiger partial charge in [0.1, 0.15) is 11.5 Å². The summed E-state index contributed by atoms with van der Waals surface area (Å²) in [4.78, 5) is 30.3. The number of aryl methyl sites for hydroxylation is 1. The Morgan fingerprint density at radius 3 is 2.37 bits per heavy atom. The molecule has 1 unspecified atom stereocenters. The van der Waals surface area contributed by atoms with Gasteiger partial charge >= 0.3 is 0 Å². The van der Waals surface area contributed by atoms with Crippen molar-refractivity contribution in [3.63, 3.8) is 0 Å². The molecule has 8 nitrogen and oxygen atoms in total. The van der Waals surface area contributed by atoms with Gasteiger partial charge in [-0.2, -0.15) is 0 Å². The zero-order valence-corrected chi connectivity index (χ0v) is 23.1. The number of phenols is 1. The van der Waals surface area contributed by atoms with Crippen molar-refractivity contribution in [1.82, 2.24) is 9.80 Å². The summed E-state index contributed by atoms with van der Waals surface area (Å²) >= 11 is 0. The highest BCUT2D eigenvalue weighted by Gasteiger charge is 2.46. The highest BCUT2D eigenvalue weighted by atomic mass is 16.5. The Bertz CT molecular complexity index is 1170. The average Bonchev–Trinajstić information content (AvgIpc) is 3.16. The molecular weight excluding hydrogens is 484 g/mol. The van der Waals surface area contributed by atoms with Gasteiger partial charge < -0.3 is 29.5 Å². The molecule has 2 aromatic carbocycles. The molecule has 3 rings (SSSR count). The maximum atomic E-state index is 13.4. The number of hydrogen-bond acceptors (Lipinski definition) is 7. The lowest BCUT2D eigenvalue weighted by atomic mass is 9.94. The number of ketones is 1. The predicted octanol–water partition coefficient (Wildman–Crippen LogP) is 5.04. The van der Waals surface area contributed by atoms with Crippen LogP contribution in [0.1, 0.15) is 63.3 Å². The number of aromatic hydroxyl groups is 1. The van der Waals surface area contributed by atoms with Gasteiger partial charge in [-0.25, -0.2) is 0 Å². The van der Waals surface area contributed by atoms with E-state index in [0.29, 0.717) is 43.2 Å². The second-order valence-corrected chi connectivity index (χ2v) is 9.36. The summed E-state index contributed by atoms with van der Waals surface area (Å²) in [6, 6.07) is 9.18. The minimum absolute atomic E-state index is 0.0155. The van der Waals surface area contributed by atoms with Crippen LogP contribution in [0.5, 0.6) is 17.2 Å². The summed E-state index contributed by atoms with van der Waals surface area (Å²) in [5.41, 5.74) is 1.84. The van der Waals surface area contributed by atoms with Crippen LogP contribution >= 0.6 is 0 Å². The van der Waals surface area contributed by atoms with Crippen molar-refractivity contribution >= 4 is 17.4 Å². The molecular formula is C30H40N2O6. The molecule has 1 aliphatic heterocycles. The molecule has 0 spiro atoms. The van der Waals surface area contributed by atoms with E-state index in [9.17, 15) is 19.8 Å². The van der Waals surface area contributed by atoms with Crippen molar-refractivity contribution in [2.45, 2.75) is 53.5 Å². The van der Waals surface area contributed by atoms with E-state index in [0.717, 1.165) is 31.5 Å². The lowest BCUT2D eigenvalue weighted by Gasteiger charge is -2.28. The third kappa shape index (κ3) is 6.30. The number of aliphatic hydroxyl groups excluding tert-OH is 1. The second-order valence-electron chi connectivity index (χ2n) is 9.36. The van der Waals surface area contributed by atoms with Crippen molar-refractivity contribution in [3.05, 3.63) is 58.7 Å². The molecule has 1 heterocycles. The largest absolute Gasteiger partial charge is 0.507 e. The van der Waals surface area contributed by atoms with Gasteiger partial charge in [0.2, 0.25) is 0 Å². The molecule has 1 atom stereocenters. The van der Waals surface area contributed by atoms with Crippen LogP contribution in [0.4, 0.5) is 0 Å². The fourth-order valence-electron chi connectivity index (χ4n) is 4.66. The molecule has 0 aliphatic carbocycles. The number of benzene rings is 2. The van der Waals surface area contributed by atoms with Gasteiger partial charge in [-0.1, -0.05) is 33.3 Å². The Morgan fingerprint density at radius 1 is 1.00 bits per heavy atom. The summed E-state index contributed by atoms with van der Waals surface area (Å²) in [6.07, 6.45) is 1.96. The zero-order chi connectivity index (χ0) is 27.8. The number of aliphatic hydroxyl groups is 1. The first kappa shape index (κ1) is 29.0. The minimum Gasteiger partial charge on any atom is -0.507 e. The monoisotopic (exact) mass is 524 g/mol. The van der Waals surface area contributed by atoms with Crippen LogP contribution in [0.15, 0.2) is 42.0 Å². The Labute approximate surface area is 225 Å². The number of Topliss-reactive ketones (excluding diaryl/α,β-unsaturated/α-hetero) is 1. The van der Waals surface area contributed by atoms with E-state index < -0.39 is 17.7 Å². The summed E-state index contributed by atoms with van der Waals surface area (Å²) in [5, 5.41) is 21.7. The number of likely N-dealkylation sites (N-methyl/N-ethyl adjacent to an activating group) is 1. The first-order valence-corrected chi connectivity index (χ1v) is 13.5. The minimum atomic E-state index is -0.828. The maximum absolute atomic E-state index is 13.4.